The SMILES string of the molecule is CCOC[C@H]1OC(OC)[C@@H]2OC(C)(C)O[C@H]12. The van der Waals surface area contributed by atoms with E-state index in [2.05, 4.69) is 0 Å². The van der Waals surface area contributed by atoms with Crippen LogP contribution in [0, 0.1) is 0 Å². The first-order valence-corrected chi connectivity index (χ1v) is 5.69. The summed E-state index contributed by atoms with van der Waals surface area (Å²) in [6, 6.07) is 0. The Hall–Kier alpha value is -0.200. The molecule has 2 aliphatic heterocycles. The van der Waals surface area contributed by atoms with Crippen molar-refractivity contribution >= 4 is 0 Å². The van der Waals surface area contributed by atoms with Gasteiger partial charge in [0, 0.05) is 13.7 Å². The van der Waals surface area contributed by atoms with Gasteiger partial charge in [-0.3, -0.25) is 0 Å². The summed E-state index contributed by atoms with van der Waals surface area (Å²) in [5, 5.41) is 0. The second-order valence-electron chi connectivity index (χ2n) is 4.50. The fraction of sp³-hybridized carbons (Fsp3) is 1.00. The molecule has 0 aromatic rings. The summed E-state index contributed by atoms with van der Waals surface area (Å²) in [5.74, 6) is -0.569. The highest BCUT2D eigenvalue weighted by Crippen LogP contribution is 2.38. The van der Waals surface area contributed by atoms with Crippen molar-refractivity contribution in [3.05, 3.63) is 0 Å². The molecule has 0 radical (unpaired) electrons. The molecule has 5 nitrogen and oxygen atoms in total. The normalized spacial score (nSPS) is 41.2. The van der Waals surface area contributed by atoms with Gasteiger partial charge in [0.2, 0.25) is 0 Å². The second-order valence-corrected chi connectivity index (χ2v) is 4.50. The standard InChI is InChI=1S/C11H20O5/c1-5-13-6-7-8-9(10(12-4)14-7)16-11(2,3)15-8/h7-10H,5-6H2,1-4H3/t7-,8-,9-,10?/m1/s1. The van der Waals surface area contributed by atoms with Crippen LogP contribution in [0.1, 0.15) is 20.8 Å². The number of hydrogen-bond donors (Lipinski definition) is 0. The van der Waals surface area contributed by atoms with Crippen molar-refractivity contribution in [1.29, 1.82) is 0 Å². The summed E-state index contributed by atoms with van der Waals surface area (Å²) in [5.41, 5.74) is 0. The van der Waals surface area contributed by atoms with E-state index < -0.39 is 5.79 Å². The van der Waals surface area contributed by atoms with Gasteiger partial charge in [-0.15, -0.1) is 0 Å². The van der Waals surface area contributed by atoms with Crippen LogP contribution in [-0.2, 0) is 23.7 Å². The van der Waals surface area contributed by atoms with Crippen molar-refractivity contribution in [2.75, 3.05) is 20.3 Å². The molecule has 0 bridgehead atoms. The van der Waals surface area contributed by atoms with Gasteiger partial charge in [0.15, 0.2) is 12.1 Å². The molecule has 0 aliphatic carbocycles. The van der Waals surface area contributed by atoms with E-state index in [0.29, 0.717) is 13.2 Å². The third kappa shape index (κ3) is 2.24. The Labute approximate surface area is 95.9 Å². The maximum Gasteiger partial charge on any atom is 0.186 e. The van der Waals surface area contributed by atoms with Crippen LogP contribution in [0.4, 0.5) is 0 Å². The van der Waals surface area contributed by atoms with Gasteiger partial charge < -0.3 is 23.7 Å². The highest BCUT2D eigenvalue weighted by molar-refractivity contribution is 4.94. The van der Waals surface area contributed by atoms with Gasteiger partial charge in [-0.1, -0.05) is 0 Å². The minimum atomic E-state index is -0.569. The summed E-state index contributed by atoms with van der Waals surface area (Å²) >= 11 is 0. The van der Waals surface area contributed by atoms with Gasteiger partial charge in [0.25, 0.3) is 0 Å². The lowest BCUT2D eigenvalue weighted by molar-refractivity contribution is -0.231. The molecule has 2 rings (SSSR count). The topological polar surface area (TPSA) is 46.2 Å². The maximum atomic E-state index is 5.81. The highest BCUT2D eigenvalue weighted by Gasteiger charge is 2.55. The average Bonchev–Trinajstić information content (AvgIpc) is 2.69. The van der Waals surface area contributed by atoms with E-state index in [4.69, 9.17) is 23.7 Å². The van der Waals surface area contributed by atoms with Crippen molar-refractivity contribution in [3.8, 4) is 0 Å². The van der Waals surface area contributed by atoms with Crippen LogP contribution in [0.5, 0.6) is 0 Å². The van der Waals surface area contributed by atoms with E-state index >= 15 is 0 Å². The summed E-state index contributed by atoms with van der Waals surface area (Å²) in [7, 11) is 1.61. The van der Waals surface area contributed by atoms with Gasteiger partial charge in [0.05, 0.1) is 6.61 Å². The Balaban J connectivity index is 2.02. The van der Waals surface area contributed by atoms with Crippen molar-refractivity contribution in [2.45, 2.75) is 51.2 Å². The zero-order valence-corrected chi connectivity index (χ0v) is 10.3. The largest absolute Gasteiger partial charge is 0.379 e. The van der Waals surface area contributed by atoms with Crippen LogP contribution >= 0.6 is 0 Å². The molecule has 0 spiro atoms. The van der Waals surface area contributed by atoms with Gasteiger partial charge >= 0.3 is 0 Å². The molecule has 5 heteroatoms. The van der Waals surface area contributed by atoms with Crippen LogP contribution < -0.4 is 0 Å². The zero-order valence-electron chi connectivity index (χ0n) is 10.3. The molecule has 16 heavy (non-hydrogen) atoms. The van der Waals surface area contributed by atoms with Crippen LogP contribution in [0.25, 0.3) is 0 Å². The molecule has 0 aromatic heterocycles. The summed E-state index contributed by atoms with van der Waals surface area (Å²) in [6.45, 7) is 6.93. The van der Waals surface area contributed by atoms with E-state index in [1.165, 1.54) is 0 Å². The van der Waals surface area contributed by atoms with Gasteiger partial charge in [-0.05, 0) is 20.8 Å². The van der Waals surface area contributed by atoms with Gasteiger partial charge in [-0.25, -0.2) is 0 Å². The summed E-state index contributed by atoms with van der Waals surface area (Å²) in [6.07, 6.45) is -0.745. The van der Waals surface area contributed by atoms with Crippen molar-refractivity contribution in [3.63, 3.8) is 0 Å². The molecule has 2 aliphatic rings. The number of methoxy groups -OCH3 is 1. The molecule has 2 fully saturated rings. The molecule has 1 unspecified atom stereocenters. The van der Waals surface area contributed by atoms with Crippen molar-refractivity contribution in [2.24, 2.45) is 0 Å². The average molecular weight is 232 g/mol. The van der Waals surface area contributed by atoms with Gasteiger partial charge in [-0.2, -0.15) is 0 Å². The number of rotatable bonds is 4. The molecular weight excluding hydrogens is 212 g/mol. The quantitative estimate of drug-likeness (QED) is 0.721. The molecular formula is C11H20O5. The second kappa shape index (κ2) is 4.58. The Morgan fingerprint density at radius 2 is 1.88 bits per heavy atom. The van der Waals surface area contributed by atoms with E-state index in [-0.39, 0.29) is 24.6 Å². The predicted octanol–water partition coefficient (Wildman–Crippen LogP) is 0.914. The molecule has 2 saturated heterocycles. The van der Waals surface area contributed by atoms with Crippen molar-refractivity contribution < 1.29 is 23.7 Å². The van der Waals surface area contributed by atoms with E-state index in [1.54, 1.807) is 7.11 Å². The van der Waals surface area contributed by atoms with E-state index in [0.717, 1.165) is 0 Å². The summed E-state index contributed by atoms with van der Waals surface area (Å²) < 4.78 is 27.9. The summed E-state index contributed by atoms with van der Waals surface area (Å²) in [4.78, 5) is 0. The number of hydrogen-bond acceptors (Lipinski definition) is 5. The van der Waals surface area contributed by atoms with Crippen LogP contribution in [0.2, 0.25) is 0 Å². The first-order chi connectivity index (χ1) is 7.57. The first-order valence-electron chi connectivity index (χ1n) is 5.69. The first kappa shape index (κ1) is 12.3. The Morgan fingerprint density at radius 3 is 2.50 bits per heavy atom. The lowest BCUT2D eigenvalue weighted by atomic mass is 10.1. The highest BCUT2D eigenvalue weighted by atomic mass is 16.8. The smallest absolute Gasteiger partial charge is 0.186 e. The van der Waals surface area contributed by atoms with Crippen LogP contribution in [0.3, 0.4) is 0 Å². The Kier molecular flexibility index (Phi) is 3.51. The minimum absolute atomic E-state index is 0.105. The molecule has 2 heterocycles. The predicted molar refractivity (Wildman–Crippen MR) is 56.0 cm³/mol. The molecule has 0 aromatic carbocycles. The lowest BCUT2D eigenvalue weighted by Crippen LogP contribution is -2.33. The van der Waals surface area contributed by atoms with Crippen LogP contribution in [-0.4, -0.2) is 50.7 Å². The minimum Gasteiger partial charge on any atom is -0.379 e. The third-order valence-corrected chi connectivity index (χ3v) is 2.83. The Bertz CT molecular complexity index is 243. The van der Waals surface area contributed by atoms with Crippen molar-refractivity contribution in [1.82, 2.24) is 0 Å². The van der Waals surface area contributed by atoms with E-state index in [1.807, 2.05) is 20.8 Å². The number of ether oxygens (including phenoxy) is 5. The fourth-order valence-corrected chi connectivity index (χ4v) is 2.20. The molecule has 94 valence electrons. The molecule has 0 saturated carbocycles. The van der Waals surface area contributed by atoms with E-state index in [9.17, 15) is 0 Å². The third-order valence-electron chi connectivity index (χ3n) is 2.83. The Morgan fingerprint density at radius 1 is 1.19 bits per heavy atom. The van der Waals surface area contributed by atoms with Crippen LogP contribution in [0.15, 0.2) is 0 Å². The van der Waals surface area contributed by atoms with Gasteiger partial charge in [0.1, 0.15) is 18.3 Å². The molecule has 0 N–H and O–H groups in total. The molecule has 0 amide bonds. The fourth-order valence-electron chi connectivity index (χ4n) is 2.20. The molecule has 4 atom stereocenters. The maximum absolute atomic E-state index is 5.81. The number of fused-ring (bicyclic) bond motifs is 1. The lowest BCUT2D eigenvalue weighted by Gasteiger charge is -2.23. The zero-order chi connectivity index (χ0) is 11.8. The monoisotopic (exact) mass is 232 g/mol.